The zero-order chi connectivity index (χ0) is 19.2. The Morgan fingerprint density at radius 2 is 0.958 bits per heavy atom. The highest BCUT2D eigenvalue weighted by atomic mass is 16.2. The monoisotopic (exact) mass is 348 g/mol. The molecule has 144 valence electrons. The summed E-state index contributed by atoms with van der Waals surface area (Å²) in [7, 11) is 19.9. The van der Waals surface area contributed by atoms with Gasteiger partial charge in [-0.2, -0.15) is 0 Å². The molecule has 0 spiro atoms. The third-order valence-corrected chi connectivity index (χ3v) is 4.38. The van der Waals surface area contributed by atoms with Crippen LogP contribution in [0.15, 0.2) is 0 Å². The van der Waals surface area contributed by atoms with Crippen LogP contribution >= 0.6 is 0 Å². The van der Waals surface area contributed by atoms with Crippen LogP contribution in [0.4, 0.5) is 0 Å². The maximum absolute atomic E-state index is 12.1. The van der Waals surface area contributed by atoms with Gasteiger partial charge in [0, 0.05) is 0 Å². The highest BCUT2D eigenvalue weighted by Crippen LogP contribution is 2.12. The van der Waals surface area contributed by atoms with Crippen LogP contribution in [0.1, 0.15) is 0 Å². The highest BCUT2D eigenvalue weighted by Gasteiger charge is 2.35. The number of nitrogens with two attached hydrogens (primary N) is 1. The first kappa shape index (κ1) is 23.3. The van der Waals surface area contributed by atoms with E-state index in [9.17, 15) is 4.79 Å². The quantitative estimate of drug-likeness (QED) is 0.216. The summed E-state index contributed by atoms with van der Waals surface area (Å²) < 4.78 is 3.50. The molecule has 3 N–H and O–H groups in total. The van der Waals surface area contributed by atoms with Gasteiger partial charge in [-0.1, -0.05) is 0 Å². The second-order valence-electron chi connectivity index (χ2n) is 10.3. The topological polar surface area (TPSA) is 55.1 Å². The molecule has 0 rings (SSSR count). The largest absolute Gasteiger partial charge is 0.326 e. The van der Waals surface area contributed by atoms with Crippen molar-refractivity contribution in [1.82, 2.24) is 5.43 Å². The number of hydrazine groups is 1. The first-order valence-corrected chi connectivity index (χ1v) is 8.83. The number of amides is 1. The van der Waals surface area contributed by atoms with Crippen LogP contribution in [0.5, 0.6) is 0 Å². The molecule has 0 aliphatic carbocycles. The van der Waals surface area contributed by atoms with Gasteiger partial charge in [0.25, 0.3) is 5.91 Å². The molecule has 0 aliphatic rings. The van der Waals surface area contributed by atoms with Crippen LogP contribution in [0.25, 0.3) is 0 Å². The lowest BCUT2D eigenvalue weighted by Crippen LogP contribution is -2.63. The first-order valence-electron chi connectivity index (χ1n) is 8.83. The smallest absolute Gasteiger partial charge is 0.289 e. The minimum absolute atomic E-state index is 0.0702. The Kier molecular flexibility index (Phi) is 8.32. The minimum Gasteiger partial charge on any atom is -0.326 e. The van der Waals surface area contributed by atoms with E-state index in [0.29, 0.717) is 6.54 Å². The molecular weight excluding hydrogens is 304 g/mol. The summed E-state index contributed by atoms with van der Waals surface area (Å²) in [4.78, 5) is 12.1. The molecule has 7 heteroatoms. The van der Waals surface area contributed by atoms with Crippen LogP contribution in [-0.4, -0.2) is 133 Å². The Hall–Kier alpha value is -0.730. The molecule has 7 nitrogen and oxygen atoms in total. The highest BCUT2D eigenvalue weighted by molar-refractivity contribution is 5.76. The van der Waals surface area contributed by atoms with Crippen LogP contribution in [0.3, 0.4) is 0 Å². The van der Waals surface area contributed by atoms with Crippen molar-refractivity contribution in [3.63, 3.8) is 0 Å². The van der Waals surface area contributed by atoms with Crippen molar-refractivity contribution in [3.8, 4) is 0 Å². The van der Waals surface area contributed by atoms with E-state index in [2.05, 4.69) is 68.9 Å². The maximum Gasteiger partial charge on any atom is 0.289 e. The van der Waals surface area contributed by atoms with Crippen molar-refractivity contribution in [3.05, 3.63) is 0 Å². The number of carbonyl (C=O) groups excluding carboxylic acids is 1. The van der Waals surface area contributed by atoms with Crippen LogP contribution in [0, 0.1) is 0 Å². The van der Waals surface area contributed by atoms with E-state index in [-0.39, 0.29) is 5.91 Å². The molecule has 1 amide bonds. The van der Waals surface area contributed by atoms with Gasteiger partial charge in [0.2, 0.25) is 0 Å². The Morgan fingerprint density at radius 3 is 1.17 bits per heavy atom. The van der Waals surface area contributed by atoms with Gasteiger partial charge < -0.3 is 17.9 Å². The van der Waals surface area contributed by atoms with Crippen molar-refractivity contribution in [1.29, 1.82) is 0 Å². The third kappa shape index (κ3) is 11.8. The minimum atomic E-state index is -0.0702. The molecule has 0 unspecified atom stereocenters. The summed E-state index contributed by atoms with van der Waals surface area (Å²) in [5, 5.41) is 0. The molecule has 0 aliphatic heterocycles. The SMILES string of the molecule is C[N+](C)(C)CC[N+](CC[N+](C)(C)C)(CC[N+](C)(C)C)CC(=O)NN. The Labute approximate surface area is 149 Å². The van der Waals surface area contributed by atoms with Gasteiger partial charge in [-0.25, -0.2) is 5.84 Å². The van der Waals surface area contributed by atoms with Crippen molar-refractivity contribution in [2.24, 2.45) is 5.84 Å². The molecule has 0 radical (unpaired) electrons. The number of nitrogens with one attached hydrogen (secondary N) is 1. The summed E-state index contributed by atoms with van der Waals surface area (Å²) in [5.74, 6) is 5.33. The van der Waals surface area contributed by atoms with Crippen molar-refractivity contribution in [2.45, 2.75) is 0 Å². The molecule has 24 heavy (non-hydrogen) atoms. The van der Waals surface area contributed by atoms with Gasteiger partial charge in [0.1, 0.15) is 39.3 Å². The molecule has 0 aromatic heterocycles. The van der Waals surface area contributed by atoms with E-state index >= 15 is 0 Å². The number of rotatable bonds is 11. The number of carbonyl (C=O) groups is 1. The normalized spacial score (nSPS) is 13.9. The van der Waals surface area contributed by atoms with Crippen molar-refractivity contribution >= 4 is 5.91 Å². The average Bonchev–Trinajstić information content (AvgIpc) is 2.37. The first-order chi connectivity index (χ1) is 10.6. The number of hydrogen-bond acceptors (Lipinski definition) is 2. The molecule has 0 saturated carbocycles. The van der Waals surface area contributed by atoms with Gasteiger partial charge in [0.15, 0.2) is 6.54 Å². The van der Waals surface area contributed by atoms with Crippen LogP contribution in [0.2, 0.25) is 0 Å². The Bertz CT molecular complexity index is 344. The molecular formula is C17H44N6O+4. The fraction of sp³-hybridized carbons (Fsp3) is 0.941. The zero-order valence-electron chi connectivity index (χ0n) is 17.7. The molecule has 0 heterocycles. The summed E-state index contributed by atoms with van der Waals surface area (Å²) in [6, 6.07) is 0. The van der Waals surface area contributed by atoms with E-state index in [4.69, 9.17) is 5.84 Å². The molecule has 0 fully saturated rings. The van der Waals surface area contributed by atoms with E-state index in [1.165, 1.54) is 0 Å². The Morgan fingerprint density at radius 1 is 0.667 bits per heavy atom. The van der Waals surface area contributed by atoms with E-state index in [1.54, 1.807) is 0 Å². The van der Waals surface area contributed by atoms with Gasteiger partial charge >= 0.3 is 0 Å². The van der Waals surface area contributed by atoms with Gasteiger partial charge in [-0.3, -0.25) is 10.2 Å². The van der Waals surface area contributed by atoms with E-state index in [0.717, 1.165) is 57.2 Å². The number of hydrogen-bond donors (Lipinski definition) is 2. The number of quaternary nitrogens is 4. The van der Waals surface area contributed by atoms with Crippen molar-refractivity contribution in [2.75, 3.05) is 109 Å². The molecule has 0 atom stereocenters. The van der Waals surface area contributed by atoms with E-state index < -0.39 is 0 Å². The summed E-state index contributed by atoms with van der Waals surface area (Å²) in [6.45, 7) is 6.51. The summed E-state index contributed by atoms with van der Waals surface area (Å²) in [6.07, 6.45) is 0. The second kappa shape index (κ2) is 8.58. The lowest BCUT2D eigenvalue weighted by Gasteiger charge is -2.42. The standard InChI is InChI=1S/C17H43N6O/c1-20(2,3)10-13-23(16-17(24)19-18,14-11-21(4,5)6)15-12-22(7,8)9/h10-16,18H2,1-9H3/q+3/p+1. The van der Waals surface area contributed by atoms with E-state index in [1.807, 2.05) is 0 Å². The molecule has 0 aromatic rings. The van der Waals surface area contributed by atoms with Crippen molar-refractivity contribution < 1.29 is 22.7 Å². The number of likely N-dealkylation sites (N-methyl/N-ethyl adjacent to an activating group) is 3. The lowest BCUT2D eigenvalue weighted by molar-refractivity contribution is -0.991. The Balaban J connectivity index is 5.39. The predicted molar refractivity (Wildman–Crippen MR) is 101 cm³/mol. The maximum atomic E-state index is 12.1. The van der Waals surface area contributed by atoms with Crippen LogP contribution < -0.4 is 11.3 Å². The molecule has 0 saturated heterocycles. The third-order valence-electron chi connectivity index (χ3n) is 4.38. The average molecular weight is 349 g/mol. The summed E-state index contributed by atoms with van der Waals surface area (Å²) >= 11 is 0. The fourth-order valence-electron chi connectivity index (χ4n) is 2.46. The lowest BCUT2D eigenvalue weighted by atomic mass is 10.2. The summed E-state index contributed by atoms with van der Waals surface area (Å²) in [5.41, 5.74) is 2.34. The number of nitrogens with zero attached hydrogens (tertiary/aromatic N) is 4. The predicted octanol–water partition coefficient (Wildman–Crippen LogP) is -1.09. The molecule has 0 aromatic carbocycles. The van der Waals surface area contributed by atoms with Gasteiger partial charge in [-0.15, -0.1) is 0 Å². The second-order valence-corrected chi connectivity index (χ2v) is 10.3. The zero-order valence-corrected chi connectivity index (χ0v) is 17.7. The van der Waals surface area contributed by atoms with Crippen LogP contribution in [-0.2, 0) is 4.79 Å². The molecule has 0 bridgehead atoms. The van der Waals surface area contributed by atoms with Gasteiger partial charge in [-0.05, 0) is 0 Å². The fourth-order valence-corrected chi connectivity index (χ4v) is 2.46. The van der Waals surface area contributed by atoms with Gasteiger partial charge in [0.05, 0.1) is 63.4 Å².